The SMILES string of the molecule is Clc1ccc(N2CC3(CCNCC3)C2)cc1. The third-order valence-corrected chi connectivity index (χ3v) is 4.16. The van der Waals surface area contributed by atoms with Crippen LogP contribution < -0.4 is 10.2 Å². The van der Waals surface area contributed by atoms with Gasteiger partial charge in [-0.25, -0.2) is 0 Å². The van der Waals surface area contributed by atoms with Crippen molar-refractivity contribution in [3.63, 3.8) is 0 Å². The first kappa shape index (κ1) is 10.4. The van der Waals surface area contributed by atoms with Crippen LogP contribution in [0.1, 0.15) is 12.8 Å². The molecule has 0 aliphatic carbocycles. The second kappa shape index (κ2) is 3.94. The molecule has 16 heavy (non-hydrogen) atoms. The van der Waals surface area contributed by atoms with Gasteiger partial charge in [0.05, 0.1) is 0 Å². The minimum Gasteiger partial charge on any atom is -0.370 e. The Labute approximate surface area is 102 Å². The van der Waals surface area contributed by atoms with Gasteiger partial charge in [0.15, 0.2) is 0 Å². The van der Waals surface area contributed by atoms with Gasteiger partial charge in [0.25, 0.3) is 0 Å². The van der Waals surface area contributed by atoms with Gasteiger partial charge in [0, 0.05) is 29.2 Å². The summed E-state index contributed by atoms with van der Waals surface area (Å²) in [5.41, 5.74) is 1.92. The van der Waals surface area contributed by atoms with Crippen LogP contribution >= 0.6 is 11.6 Å². The first-order chi connectivity index (χ1) is 7.77. The average molecular weight is 237 g/mol. The number of hydrogen-bond acceptors (Lipinski definition) is 2. The number of hydrogen-bond donors (Lipinski definition) is 1. The molecule has 3 heteroatoms. The third kappa shape index (κ3) is 1.80. The molecule has 1 N–H and O–H groups in total. The molecular weight excluding hydrogens is 220 g/mol. The molecule has 1 aromatic carbocycles. The van der Waals surface area contributed by atoms with E-state index in [2.05, 4.69) is 22.3 Å². The van der Waals surface area contributed by atoms with Crippen LogP contribution in [-0.4, -0.2) is 26.2 Å². The first-order valence-electron chi connectivity index (χ1n) is 5.99. The zero-order chi connectivity index (χ0) is 11.0. The molecule has 2 fully saturated rings. The molecule has 0 aromatic heterocycles. The molecule has 86 valence electrons. The fraction of sp³-hybridized carbons (Fsp3) is 0.538. The van der Waals surface area contributed by atoms with Crippen LogP contribution in [0.3, 0.4) is 0 Å². The van der Waals surface area contributed by atoms with E-state index in [1.54, 1.807) is 0 Å². The molecule has 0 bridgehead atoms. The van der Waals surface area contributed by atoms with Crippen molar-refractivity contribution in [2.75, 3.05) is 31.1 Å². The number of piperidine rings is 1. The van der Waals surface area contributed by atoms with E-state index in [-0.39, 0.29) is 0 Å². The lowest BCUT2D eigenvalue weighted by Crippen LogP contribution is -2.60. The van der Waals surface area contributed by atoms with E-state index in [1.165, 1.54) is 44.7 Å². The Kier molecular flexibility index (Phi) is 2.56. The Morgan fingerprint density at radius 1 is 1.06 bits per heavy atom. The van der Waals surface area contributed by atoms with Gasteiger partial charge >= 0.3 is 0 Å². The number of nitrogens with one attached hydrogen (secondary N) is 1. The fourth-order valence-electron chi connectivity index (χ4n) is 2.87. The highest BCUT2D eigenvalue weighted by Crippen LogP contribution is 2.41. The Morgan fingerprint density at radius 2 is 1.69 bits per heavy atom. The summed E-state index contributed by atoms with van der Waals surface area (Å²) in [5, 5.41) is 4.25. The summed E-state index contributed by atoms with van der Waals surface area (Å²) in [5.74, 6) is 0. The van der Waals surface area contributed by atoms with Crippen LogP contribution in [0.4, 0.5) is 5.69 Å². The summed E-state index contributed by atoms with van der Waals surface area (Å²) in [6.45, 7) is 4.82. The van der Waals surface area contributed by atoms with E-state index in [0.717, 1.165) is 5.02 Å². The maximum absolute atomic E-state index is 5.89. The Morgan fingerprint density at radius 3 is 2.31 bits per heavy atom. The summed E-state index contributed by atoms with van der Waals surface area (Å²) >= 11 is 5.89. The Balaban J connectivity index is 1.66. The second-order valence-electron chi connectivity index (χ2n) is 5.08. The highest BCUT2D eigenvalue weighted by molar-refractivity contribution is 6.30. The van der Waals surface area contributed by atoms with Crippen molar-refractivity contribution in [2.45, 2.75) is 12.8 Å². The largest absolute Gasteiger partial charge is 0.370 e. The summed E-state index contributed by atoms with van der Waals surface area (Å²) in [6, 6.07) is 8.20. The van der Waals surface area contributed by atoms with Crippen LogP contribution in [0.5, 0.6) is 0 Å². The summed E-state index contributed by atoms with van der Waals surface area (Å²) in [4.78, 5) is 2.46. The number of benzene rings is 1. The van der Waals surface area contributed by atoms with E-state index >= 15 is 0 Å². The summed E-state index contributed by atoms with van der Waals surface area (Å²) in [7, 11) is 0. The molecule has 0 saturated carbocycles. The molecule has 2 aliphatic rings. The normalized spacial score (nSPS) is 23.2. The van der Waals surface area contributed by atoms with Gasteiger partial charge in [-0.2, -0.15) is 0 Å². The van der Waals surface area contributed by atoms with Gasteiger partial charge in [-0.3, -0.25) is 0 Å². The number of anilines is 1. The standard InChI is InChI=1S/C13H17ClN2/c14-11-1-3-12(4-2-11)16-9-13(10-16)5-7-15-8-6-13/h1-4,15H,5-10H2. The van der Waals surface area contributed by atoms with Crippen molar-refractivity contribution in [1.82, 2.24) is 5.32 Å². The molecule has 1 aromatic rings. The minimum absolute atomic E-state index is 0.602. The molecule has 0 amide bonds. The molecule has 0 atom stereocenters. The molecular formula is C13H17ClN2. The van der Waals surface area contributed by atoms with Gasteiger partial charge < -0.3 is 10.2 Å². The van der Waals surface area contributed by atoms with Crippen molar-refractivity contribution in [2.24, 2.45) is 5.41 Å². The monoisotopic (exact) mass is 236 g/mol. The topological polar surface area (TPSA) is 15.3 Å². The van der Waals surface area contributed by atoms with E-state index in [9.17, 15) is 0 Å². The van der Waals surface area contributed by atoms with Crippen molar-refractivity contribution in [1.29, 1.82) is 0 Å². The van der Waals surface area contributed by atoms with Crippen molar-refractivity contribution in [3.05, 3.63) is 29.3 Å². The second-order valence-corrected chi connectivity index (χ2v) is 5.52. The van der Waals surface area contributed by atoms with E-state index in [4.69, 9.17) is 11.6 Å². The summed E-state index contributed by atoms with van der Waals surface area (Å²) < 4.78 is 0. The van der Waals surface area contributed by atoms with E-state index < -0.39 is 0 Å². The van der Waals surface area contributed by atoms with Gasteiger partial charge in [-0.15, -0.1) is 0 Å². The van der Waals surface area contributed by atoms with Crippen LogP contribution in [0.25, 0.3) is 0 Å². The lowest BCUT2D eigenvalue weighted by Gasteiger charge is -2.53. The highest BCUT2D eigenvalue weighted by Gasteiger charge is 2.43. The van der Waals surface area contributed by atoms with Gasteiger partial charge in [0.1, 0.15) is 0 Å². The summed E-state index contributed by atoms with van der Waals surface area (Å²) in [6.07, 6.45) is 2.66. The number of halogens is 1. The maximum atomic E-state index is 5.89. The maximum Gasteiger partial charge on any atom is 0.0407 e. The van der Waals surface area contributed by atoms with Crippen LogP contribution in [0.2, 0.25) is 5.02 Å². The predicted molar refractivity (Wildman–Crippen MR) is 68.2 cm³/mol. The van der Waals surface area contributed by atoms with E-state index in [1.807, 2.05) is 12.1 Å². The Hall–Kier alpha value is -0.730. The number of nitrogens with zero attached hydrogens (tertiary/aromatic N) is 1. The zero-order valence-corrected chi connectivity index (χ0v) is 10.1. The molecule has 2 aliphatic heterocycles. The molecule has 3 rings (SSSR count). The quantitative estimate of drug-likeness (QED) is 0.806. The predicted octanol–water partition coefficient (Wildman–Crippen LogP) is 2.53. The van der Waals surface area contributed by atoms with Crippen LogP contribution in [0.15, 0.2) is 24.3 Å². The fourth-order valence-corrected chi connectivity index (χ4v) is 3.00. The van der Waals surface area contributed by atoms with Gasteiger partial charge in [-0.1, -0.05) is 11.6 Å². The lowest BCUT2D eigenvalue weighted by molar-refractivity contribution is 0.150. The molecule has 0 unspecified atom stereocenters. The molecule has 2 nitrogen and oxygen atoms in total. The smallest absolute Gasteiger partial charge is 0.0407 e. The zero-order valence-electron chi connectivity index (χ0n) is 9.38. The molecule has 0 radical (unpaired) electrons. The molecule has 1 spiro atoms. The first-order valence-corrected chi connectivity index (χ1v) is 6.37. The van der Waals surface area contributed by atoms with Gasteiger partial charge in [0.2, 0.25) is 0 Å². The highest BCUT2D eigenvalue weighted by atomic mass is 35.5. The molecule has 2 heterocycles. The van der Waals surface area contributed by atoms with Crippen molar-refractivity contribution >= 4 is 17.3 Å². The molecule has 2 saturated heterocycles. The van der Waals surface area contributed by atoms with Crippen molar-refractivity contribution < 1.29 is 0 Å². The number of rotatable bonds is 1. The van der Waals surface area contributed by atoms with Crippen molar-refractivity contribution in [3.8, 4) is 0 Å². The lowest BCUT2D eigenvalue weighted by atomic mass is 9.72. The Bertz CT molecular complexity index is 360. The average Bonchev–Trinajstić information content (AvgIpc) is 2.28. The third-order valence-electron chi connectivity index (χ3n) is 3.91. The van der Waals surface area contributed by atoms with Crippen LogP contribution in [-0.2, 0) is 0 Å². The van der Waals surface area contributed by atoms with Crippen LogP contribution in [0, 0.1) is 5.41 Å². The minimum atomic E-state index is 0.602. The van der Waals surface area contributed by atoms with E-state index in [0.29, 0.717) is 5.41 Å². The van der Waals surface area contributed by atoms with Gasteiger partial charge in [-0.05, 0) is 50.2 Å².